The van der Waals surface area contributed by atoms with Crippen LogP contribution in [0.2, 0.25) is 0 Å². The van der Waals surface area contributed by atoms with Crippen LogP contribution in [0.5, 0.6) is 0 Å². The molecule has 4 amide bonds. The molecule has 0 saturated carbocycles. The number of likely N-dealkylation sites (N-methyl/N-ethyl adjacent to an activating group) is 2. The molecule has 3 N–H and O–H groups in total. The Labute approximate surface area is 206 Å². The fourth-order valence-electron chi connectivity index (χ4n) is 4.28. The van der Waals surface area contributed by atoms with Crippen LogP contribution in [0, 0.1) is 11.8 Å². The van der Waals surface area contributed by atoms with Crippen LogP contribution in [-0.2, 0) is 24.0 Å². The Bertz CT molecular complexity index is 933. The molecule has 1 aliphatic heterocycles. The van der Waals surface area contributed by atoms with Crippen molar-refractivity contribution in [3.63, 3.8) is 0 Å². The second-order valence-electron chi connectivity index (χ2n) is 9.54. The first-order valence-corrected chi connectivity index (χ1v) is 11.8. The van der Waals surface area contributed by atoms with Crippen LogP contribution in [0.1, 0.15) is 38.8 Å². The van der Waals surface area contributed by atoms with Gasteiger partial charge in [0.15, 0.2) is 0 Å². The summed E-state index contributed by atoms with van der Waals surface area (Å²) in [6.07, 6.45) is 0.893. The molecule has 1 heterocycles. The summed E-state index contributed by atoms with van der Waals surface area (Å²) in [7, 11) is 5.02. The highest BCUT2D eigenvalue weighted by Gasteiger charge is 2.39. The van der Waals surface area contributed by atoms with E-state index in [0.717, 1.165) is 13.0 Å². The van der Waals surface area contributed by atoms with Crippen molar-refractivity contribution in [3.8, 4) is 0 Å². The van der Waals surface area contributed by atoms with E-state index in [1.807, 2.05) is 11.9 Å². The zero-order valence-corrected chi connectivity index (χ0v) is 21.3. The maximum absolute atomic E-state index is 12.8. The molecule has 0 aromatic heterocycles. The zero-order chi connectivity index (χ0) is 26.3. The molecule has 0 spiro atoms. The summed E-state index contributed by atoms with van der Waals surface area (Å²) in [5.41, 5.74) is 0.592. The highest BCUT2D eigenvalue weighted by molar-refractivity contribution is 6.38. The molecule has 10 heteroatoms. The van der Waals surface area contributed by atoms with Crippen LogP contribution in [0.4, 0.5) is 0 Å². The normalized spacial score (nSPS) is 19.5. The topological polar surface area (TPSA) is 128 Å². The number of likely N-dealkylation sites (tertiary alicyclic amines) is 1. The average Bonchev–Trinajstić information content (AvgIpc) is 3.22. The fourth-order valence-corrected chi connectivity index (χ4v) is 4.28. The predicted octanol–water partition coefficient (Wildman–Crippen LogP) is 0.0984. The van der Waals surface area contributed by atoms with E-state index in [4.69, 9.17) is 0 Å². The van der Waals surface area contributed by atoms with Crippen LogP contribution < -0.4 is 16.0 Å². The minimum atomic E-state index is -1.04. The number of nitrogens with one attached hydrogen (secondary N) is 3. The number of carbonyl (C=O) groups excluding carboxylic acids is 5. The summed E-state index contributed by atoms with van der Waals surface area (Å²) >= 11 is 0. The van der Waals surface area contributed by atoms with E-state index in [9.17, 15) is 24.0 Å². The molecule has 10 nitrogen and oxygen atoms in total. The molecule has 1 aliphatic rings. The maximum atomic E-state index is 12.8. The number of hydrogen-bond acceptors (Lipinski definition) is 6. The van der Waals surface area contributed by atoms with Gasteiger partial charge in [0.25, 0.3) is 5.91 Å². The van der Waals surface area contributed by atoms with Crippen molar-refractivity contribution in [2.45, 2.75) is 45.3 Å². The first-order valence-electron chi connectivity index (χ1n) is 11.8. The molecule has 1 aromatic rings. The van der Waals surface area contributed by atoms with E-state index in [1.165, 1.54) is 11.8 Å². The third kappa shape index (κ3) is 7.35. The number of carbonyl (C=O) groups is 5. The van der Waals surface area contributed by atoms with E-state index in [-0.39, 0.29) is 23.8 Å². The molecule has 3 unspecified atom stereocenters. The lowest BCUT2D eigenvalue weighted by atomic mass is 9.88. The molecule has 35 heavy (non-hydrogen) atoms. The van der Waals surface area contributed by atoms with Crippen molar-refractivity contribution in [1.29, 1.82) is 0 Å². The number of Topliss-reactive ketones (excluding diaryl/α,β-unsaturated/α-hetero) is 1. The molecule has 0 bridgehead atoms. The predicted molar refractivity (Wildman–Crippen MR) is 131 cm³/mol. The van der Waals surface area contributed by atoms with Gasteiger partial charge >= 0.3 is 0 Å². The Balaban J connectivity index is 1.92. The largest absolute Gasteiger partial charge is 0.347 e. The SMILES string of the molecule is CC(NC(=O)C1[C@@H](C(C)C)CCN1C)C(=O)C(=O)NCC(=O)NC(C(=O)N(C)C)c1ccccc1. The molecule has 1 aromatic carbocycles. The van der Waals surface area contributed by atoms with Gasteiger partial charge in [-0.05, 0) is 44.3 Å². The van der Waals surface area contributed by atoms with Gasteiger partial charge in [-0.3, -0.25) is 28.9 Å². The molecule has 192 valence electrons. The van der Waals surface area contributed by atoms with Gasteiger partial charge in [-0.25, -0.2) is 0 Å². The molecule has 0 aliphatic carbocycles. The third-order valence-corrected chi connectivity index (χ3v) is 6.33. The van der Waals surface area contributed by atoms with E-state index < -0.39 is 36.2 Å². The summed E-state index contributed by atoms with van der Waals surface area (Å²) < 4.78 is 0. The minimum Gasteiger partial charge on any atom is -0.347 e. The molecule has 2 rings (SSSR count). The summed E-state index contributed by atoms with van der Waals surface area (Å²) in [4.78, 5) is 66.0. The van der Waals surface area contributed by atoms with Gasteiger partial charge in [0.2, 0.25) is 23.5 Å². The minimum absolute atomic E-state index is 0.169. The first kappa shape index (κ1) is 28.0. The highest BCUT2D eigenvalue weighted by Crippen LogP contribution is 2.29. The standard InChI is InChI=1S/C25H37N5O5/c1-15(2)18-12-13-30(6)21(18)23(33)27-16(3)22(32)24(34)26-14-19(31)28-20(25(35)29(4)5)17-10-8-7-9-11-17/h7-11,15-16,18,20-21H,12-14H2,1-6H3,(H,26,34)(H,27,33)(H,28,31)/t16?,18-,20?,21?/m1/s1. The zero-order valence-electron chi connectivity index (χ0n) is 21.3. The van der Waals surface area contributed by atoms with Crippen molar-refractivity contribution in [1.82, 2.24) is 25.8 Å². The summed E-state index contributed by atoms with van der Waals surface area (Å²) in [6, 6.07) is 6.39. The number of nitrogens with zero attached hydrogens (tertiary/aromatic N) is 2. The van der Waals surface area contributed by atoms with Crippen molar-refractivity contribution in [2.24, 2.45) is 11.8 Å². The second kappa shape index (κ2) is 12.4. The first-order chi connectivity index (χ1) is 16.4. The smallest absolute Gasteiger partial charge is 0.290 e. The highest BCUT2D eigenvalue weighted by atomic mass is 16.2. The number of benzene rings is 1. The van der Waals surface area contributed by atoms with Crippen molar-refractivity contribution in [2.75, 3.05) is 34.2 Å². The molecule has 1 saturated heterocycles. The van der Waals surface area contributed by atoms with Gasteiger partial charge in [-0.15, -0.1) is 0 Å². The van der Waals surface area contributed by atoms with Crippen molar-refractivity contribution < 1.29 is 24.0 Å². The average molecular weight is 488 g/mol. The van der Waals surface area contributed by atoms with Crippen LogP contribution >= 0.6 is 0 Å². The molecular weight excluding hydrogens is 450 g/mol. The maximum Gasteiger partial charge on any atom is 0.290 e. The van der Waals surface area contributed by atoms with Crippen LogP contribution in [0.15, 0.2) is 30.3 Å². The van der Waals surface area contributed by atoms with Gasteiger partial charge in [-0.1, -0.05) is 44.2 Å². The monoisotopic (exact) mass is 487 g/mol. The van der Waals surface area contributed by atoms with Crippen LogP contribution in [0.25, 0.3) is 0 Å². The number of hydrogen-bond donors (Lipinski definition) is 3. The third-order valence-electron chi connectivity index (χ3n) is 6.33. The molecule has 1 fully saturated rings. The number of amides is 4. The fraction of sp³-hybridized carbons (Fsp3) is 0.560. The van der Waals surface area contributed by atoms with Gasteiger partial charge < -0.3 is 20.9 Å². The number of rotatable bonds is 10. The van der Waals surface area contributed by atoms with Gasteiger partial charge in [0.1, 0.15) is 6.04 Å². The van der Waals surface area contributed by atoms with E-state index in [0.29, 0.717) is 11.5 Å². The van der Waals surface area contributed by atoms with Crippen molar-refractivity contribution in [3.05, 3.63) is 35.9 Å². The number of ketones is 1. The van der Waals surface area contributed by atoms with E-state index >= 15 is 0 Å². The lowest BCUT2D eigenvalue weighted by molar-refractivity contribution is -0.141. The van der Waals surface area contributed by atoms with E-state index in [2.05, 4.69) is 29.8 Å². The quantitative estimate of drug-likeness (QED) is 0.402. The van der Waals surface area contributed by atoms with E-state index in [1.54, 1.807) is 44.4 Å². The van der Waals surface area contributed by atoms with Gasteiger partial charge in [0, 0.05) is 14.1 Å². The Morgan fingerprint density at radius 2 is 1.66 bits per heavy atom. The van der Waals surface area contributed by atoms with Gasteiger partial charge in [-0.2, -0.15) is 0 Å². The Kier molecular flexibility index (Phi) is 9.94. The second-order valence-corrected chi connectivity index (χ2v) is 9.54. The Morgan fingerprint density at radius 1 is 1.03 bits per heavy atom. The molecular formula is C25H37N5O5. The summed E-state index contributed by atoms with van der Waals surface area (Å²) in [6.45, 7) is 5.87. The van der Waals surface area contributed by atoms with Gasteiger partial charge in [0.05, 0.1) is 18.6 Å². The van der Waals surface area contributed by atoms with Crippen LogP contribution in [-0.4, -0.2) is 85.5 Å². The summed E-state index contributed by atoms with van der Waals surface area (Å²) in [5, 5.41) is 7.52. The molecule has 4 atom stereocenters. The van der Waals surface area contributed by atoms with Crippen LogP contribution in [0.3, 0.4) is 0 Å². The lowest BCUT2D eigenvalue weighted by Gasteiger charge is -2.27. The summed E-state index contributed by atoms with van der Waals surface area (Å²) in [5.74, 6) is -2.60. The van der Waals surface area contributed by atoms with Crippen molar-refractivity contribution >= 4 is 29.4 Å². The Morgan fingerprint density at radius 3 is 2.23 bits per heavy atom. The lowest BCUT2D eigenvalue weighted by Crippen LogP contribution is -2.53. The molecule has 0 radical (unpaired) electrons. The Hall–Kier alpha value is -3.27.